The van der Waals surface area contributed by atoms with E-state index >= 15 is 0 Å². The van der Waals surface area contributed by atoms with E-state index in [4.69, 9.17) is 14.2 Å². The molecule has 0 aromatic rings. The Labute approximate surface area is 435 Å². The fourth-order valence-corrected chi connectivity index (χ4v) is 9.18. The molecule has 1 atom stereocenters. The van der Waals surface area contributed by atoms with Gasteiger partial charge in [-0.1, -0.05) is 276 Å². The van der Waals surface area contributed by atoms with E-state index in [1.54, 1.807) is 0 Å². The molecule has 0 fully saturated rings. The number of unbranched alkanes of at least 4 members (excludes halogenated alkanes) is 40. The summed E-state index contributed by atoms with van der Waals surface area (Å²) in [7, 11) is 0. The minimum atomic E-state index is -0.776. The van der Waals surface area contributed by atoms with Gasteiger partial charge in [0.2, 0.25) is 0 Å². The third kappa shape index (κ3) is 56.5. The quantitative estimate of drug-likeness (QED) is 0.0261. The summed E-state index contributed by atoms with van der Waals surface area (Å²) in [6, 6.07) is 0. The van der Waals surface area contributed by atoms with Crippen molar-refractivity contribution in [2.75, 3.05) is 13.2 Å². The van der Waals surface area contributed by atoms with Crippen LogP contribution >= 0.6 is 0 Å². The van der Waals surface area contributed by atoms with E-state index in [-0.39, 0.29) is 31.1 Å². The number of hydrogen-bond acceptors (Lipinski definition) is 6. The van der Waals surface area contributed by atoms with Crippen molar-refractivity contribution >= 4 is 17.9 Å². The first-order chi connectivity index (χ1) is 34.5. The summed E-state index contributed by atoms with van der Waals surface area (Å²) in [5, 5.41) is 0. The Morgan fingerprint density at radius 3 is 0.814 bits per heavy atom. The number of esters is 3. The molecule has 0 saturated heterocycles. The first-order valence-electron chi connectivity index (χ1n) is 31.0. The Hall–Kier alpha value is -2.37. The lowest BCUT2D eigenvalue weighted by molar-refractivity contribution is -0.167. The average Bonchev–Trinajstić information content (AvgIpc) is 3.36. The van der Waals surface area contributed by atoms with E-state index in [2.05, 4.69) is 57.2 Å². The molecule has 0 radical (unpaired) electrons. The molecule has 0 aliphatic heterocycles. The van der Waals surface area contributed by atoms with Crippen LogP contribution in [0, 0.1) is 0 Å². The van der Waals surface area contributed by atoms with Gasteiger partial charge in [0, 0.05) is 19.3 Å². The van der Waals surface area contributed by atoms with E-state index in [1.165, 1.54) is 212 Å². The molecule has 0 spiro atoms. The second-order valence-electron chi connectivity index (χ2n) is 21.0. The van der Waals surface area contributed by atoms with Crippen LogP contribution in [-0.4, -0.2) is 37.2 Å². The summed E-state index contributed by atoms with van der Waals surface area (Å²) in [5.74, 6) is -0.870. The highest BCUT2D eigenvalue weighted by Crippen LogP contribution is 2.17. The van der Waals surface area contributed by atoms with Gasteiger partial charge in [-0.15, -0.1) is 0 Å². The Morgan fingerprint density at radius 1 is 0.286 bits per heavy atom. The van der Waals surface area contributed by atoms with Crippen molar-refractivity contribution < 1.29 is 28.6 Å². The molecular formula is C64H118O6. The Bertz CT molecular complexity index is 1170. The van der Waals surface area contributed by atoms with Gasteiger partial charge in [-0.25, -0.2) is 0 Å². The summed E-state index contributed by atoms with van der Waals surface area (Å²) >= 11 is 0. The van der Waals surface area contributed by atoms with E-state index in [0.717, 1.165) is 83.5 Å². The van der Waals surface area contributed by atoms with Gasteiger partial charge in [-0.3, -0.25) is 14.4 Å². The molecular weight excluding hydrogens is 865 g/mol. The second kappa shape index (κ2) is 59.2. The summed E-state index contributed by atoms with van der Waals surface area (Å²) in [6.45, 7) is 6.65. The van der Waals surface area contributed by atoms with Crippen molar-refractivity contribution in [3.05, 3.63) is 36.5 Å². The SMILES string of the molecule is CCCCCC/C=C\C/C=C\CCCCCCCC(=O)OC(COC(=O)CCCCCCCCCCCCC)COC(=O)CCCCCCCCCCCCCCC/C=C\CCCCCCCCCC. The zero-order chi connectivity index (χ0) is 50.7. The van der Waals surface area contributed by atoms with Crippen LogP contribution in [0.15, 0.2) is 36.5 Å². The number of carbonyl (C=O) groups excluding carboxylic acids is 3. The molecule has 0 saturated carbocycles. The first-order valence-corrected chi connectivity index (χ1v) is 31.0. The van der Waals surface area contributed by atoms with Gasteiger partial charge in [0.05, 0.1) is 0 Å². The maximum Gasteiger partial charge on any atom is 0.306 e. The fourth-order valence-electron chi connectivity index (χ4n) is 9.18. The Balaban J connectivity index is 4.22. The van der Waals surface area contributed by atoms with E-state index in [0.29, 0.717) is 19.3 Å². The van der Waals surface area contributed by atoms with Crippen LogP contribution in [0.5, 0.6) is 0 Å². The first kappa shape index (κ1) is 67.6. The topological polar surface area (TPSA) is 78.9 Å². The Morgan fingerprint density at radius 2 is 0.514 bits per heavy atom. The lowest BCUT2D eigenvalue weighted by Gasteiger charge is -2.18. The standard InChI is InChI=1S/C64H118O6/c1-4-7-10-13-16-19-22-24-26-28-29-30-31-32-33-34-35-36-38-39-42-45-48-51-54-57-63(66)69-60-61(59-68-62(65)56-53-50-47-44-41-21-18-15-12-9-6-3)70-64(67)58-55-52-49-46-43-40-37-27-25-23-20-17-14-11-8-5-2/h20,23,27-29,37,61H,4-19,21-22,24-26,30-36,38-60H2,1-3H3/b23-20-,29-28-,37-27-. The van der Waals surface area contributed by atoms with Crippen LogP contribution in [0.2, 0.25) is 0 Å². The van der Waals surface area contributed by atoms with Crippen molar-refractivity contribution in [2.24, 2.45) is 0 Å². The van der Waals surface area contributed by atoms with Crippen molar-refractivity contribution in [3.8, 4) is 0 Å². The lowest BCUT2D eigenvalue weighted by atomic mass is 10.0. The van der Waals surface area contributed by atoms with Crippen LogP contribution in [-0.2, 0) is 28.6 Å². The van der Waals surface area contributed by atoms with Gasteiger partial charge >= 0.3 is 17.9 Å². The number of carbonyl (C=O) groups is 3. The number of ether oxygens (including phenoxy) is 3. The summed E-state index contributed by atoms with van der Waals surface area (Å²) in [5.41, 5.74) is 0. The van der Waals surface area contributed by atoms with E-state index in [1.807, 2.05) is 0 Å². The van der Waals surface area contributed by atoms with E-state index < -0.39 is 6.10 Å². The molecule has 0 amide bonds. The molecule has 70 heavy (non-hydrogen) atoms. The van der Waals surface area contributed by atoms with Gasteiger partial charge in [0.25, 0.3) is 0 Å². The van der Waals surface area contributed by atoms with Crippen LogP contribution in [0.1, 0.15) is 335 Å². The monoisotopic (exact) mass is 983 g/mol. The van der Waals surface area contributed by atoms with Crippen LogP contribution in [0.4, 0.5) is 0 Å². The predicted octanol–water partition coefficient (Wildman–Crippen LogP) is 20.8. The zero-order valence-electron chi connectivity index (χ0n) is 47.1. The lowest BCUT2D eigenvalue weighted by Crippen LogP contribution is -2.30. The van der Waals surface area contributed by atoms with Gasteiger partial charge in [0.1, 0.15) is 13.2 Å². The highest BCUT2D eigenvalue weighted by Gasteiger charge is 2.19. The summed E-state index contributed by atoms with van der Waals surface area (Å²) in [6.07, 6.45) is 71.5. The summed E-state index contributed by atoms with van der Waals surface area (Å²) in [4.78, 5) is 38.2. The molecule has 0 rings (SSSR count). The molecule has 410 valence electrons. The molecule has 6 nitrogen and oxygen atoms in total. The van der Waals surface area contributed by atoms with Crippen LogP contribution < -0.4 is 0 Å². The molecule has 0 heterocycles. The molecule has 6 heteroatoms. The van der Waals surface area contributed by atoms with E-state index in [9.17, 15) is 14.4 Å². The van der Waals surface area contributed by atoms with Crippen LogP contribution in [0.25, 0.3) is 0 Å². The van der Waals surface area contributed by atoms with Gasteiger partial charge in [-0.2, -0.15) is 0 Å². The number of rotatable bonds is 57. The smallest absolute Gasteiger partial charge is 0.306 e. The normalized spacial score (nSPS) is 12.2. The second-order valence-corrected chi connectivity index (χ2v) is 21.0. The zero-order valence-corrected chi connectivity index (χ0v) is 47.1. The fraction of sp³-hybridized carbons (Fsp3) is 0.859. The highest BCUT2D eigenvalue weighted by molar-refractivity contribution is 5.71. The van der Waals surface area contributed by atoms with Gasteiger partial charge < -0.3 is 14.2 Å². The van der Waals surface area contributed by atoms with Crippen LogP contribution in [0.3, 0.4) is 0 Å². The highest BCUT2D eigenvalue weighted by atomic mass is 16.6. The molecule has 0 aromatic heterocycles. The Kier molecular flexibility index (Phi) is 57.2. The van der Waals surface area contributed by atoms with Crippen molar-refractivity contribution in [1.82, 2.24) is 0 Å². The number of allylic oxidation sites excluding steroid dienone is 6. The molecule has 0 aliphatic carbocycles. The maximum absolute atomic E-state index is 12.8. The van der Waals surface area contributed by atoms with Crippen molar-refractivity contribution in [3.63, 3.8) is 0 Å². The van der Waals surface area contributed by atoms with Crippen molar-refractivity contribution in [2.45, 2.75) is 341 Å². The third-order valence-electron chi connectivity index (χ3n) is 13.9. The van der Waals surface area contributed by atoms with Gasteiger partial charge in [0.15, 0.2) is 6.10 Å². The molecule has 1 unspecified atom stereocenters. The largest absolute Gasteiger partial charge is 0.462 e. The summed E-state index contributed by atoms with van der Waals surface area (Å²) < 4.78 is 16.9. The number of hydrogen-bond donors (Lipinski definition) is 0. The predicted molar refractivity (Wildman–Crippen MR) is 302 cm³/mol. The van der Waals surface area contributed by atoms with Gasteiger partial charge in [-0.05, 0) is 77.0 Å². The third-order valence-corrected chi connectivity index (χ3v) is 13.9. The molecule has 0 aromatic carbocycles. The minimum absolute atomic E-state index is 0.0739. The minimum Gasteiger partial charge on any atom is -0.462 e. The molecule has 0 N–H and O–H groups in total. The average molecular weight is 984 g/mol. The molecule has 0 bridgehead atoms. The van der Waals surface area contributed by atoms with Crippen molar-refractivity contribution in [1.29, 1.82) is 0 Å². The maximum atomic E-state index is 12.8. The molecule has 0 aliphatic rings.